The lowest BCUT2D eigenvalue weighted by Gasteiger charge is -2.07. The van der Waals surface area contributed by atoms with Gasteiger partial charge in [0.15, 0.2) is 0 Å². The molecule has 3 nitrogen and oxygen atoms in total. The molecule has 2 aromatic rings. The van der Waals surface area contributed by atoms with E-state index < -0.39 is 0 Å². The van der Waals surface area contributed by atoms with Gasteiger partial charge in [-0.2, -0.15) is 0 Å². The van der Waals surface area contributed by atoms with Crippen molar-refractivity contribution in [2.45, 2.75) is 26.8 Å². The van der Waals surface area contributed by atoms with Gasteiger partial charge in [0, 0.05) is 5.92 Å². The number of aromatic nitrogens is 1. The van der Waals surface area contributed by atoms with E-state index in [1.807, 2.05) is 38.1 Å². The molecule has 0 aliphatic carbocycles. The zero-order valence-corrected chi connectivity index (χ0v) is 10.9. The molecule has 1 N–H and O–H groups in total. The van der Waals surface area contributed by atoms with Crippen molar-refractivity contribution in [3.63, 3.8) is 0 Å². The van der Waals surface area contributed by atoms with Crippen molar-refractivity contribution in [3.05, 3.63) is 29.3 Å². The van der Waals surface area contributed by atoms with Crippen LogP contribution in [0.3, 0.4) is 0 Å². The first-order valence-corrected chi connectivity index (χ1v) is 6.64. The van der Waals surface area contributed by atoms with Crippen LogP contribution in [0.1, 0.15) is 25.3 Å². The van der Waals surface area contributed by atoms with E-state index in [4.69, 9.17) is 0 Å². The van der Waals surface area contributed by atoms with Crippen LogP contribution in [0.15, 0.2) is 24.3 Å². The zero-order chi connectivity index (χ0) is 12.3. The summed E-state index contributed by atoms with van der Waals surface area (Å²) in [6, 6.07) is 8.02. The SMILES string of the molecule is CCC(C)C(=O)NCc1nc2ccccc2s1. The van der Waals surface area contributed by atoms with Gasteiger partial charge in [-0.25, -0.2) is 4.98 Å². The lowest BCUT2D eigenvalue weighted by molar-refractivity contribution is -0.124. The molecule has 0 saturated heterocycles. The Labute approximate surface area is 105 Å². The molecule has 0 aliphatic heterocycles. The Balaban J connectivity index is 2.02. The Morgan fingerprint density at radius 3 is 2.94 bits per heavy atom. The van der Waals surface area contributed by atoms with Crippen molar-refractivity contribution < 1.29 is 4.79 Å². The van der Waals surface area contributed by atoms with Crippen molar-refractivity contribution in [3.8, 4) is 0 Å². The van der Waals surface area contributed by atoms with Gasteiger partial charge in [0.05, 0.1) is 16.8 Å². The normalized spacial score (nSPS) is 12.6. The van der Waals surface area contributed by atoms with Gasteiger partial charge in [-0.1, -0.05) is 26.0 Å². The molecule has 4 heteroatoms. The average molecular weight is 248 g/mol. The Hall–Kier alpha value is -1.42. The number of fused-ring (bicyclic) bond motifs is 1. The highest BCUT2D eigenvalue weighted by Crippen LogP contribution is 2.21. The van der Waals surface area contributed by atoms with Gasteiger partial charge >= 0.3 is 0 Å². The summed E-state index contributed by atoms with van der Waals surface area (Å²) in [4.78, 5) is 16.1. The van der Waals surface area contributed by atoms with Crippen LogP contribution in [0.5, 0.6) is 0 Å². The number of thiazole rings is 1. The highest BCUT2D eigenvalue weighted by atomic mass is 32.1. The number of benzene rings is 1. The van der Waals surface area contributed by atoms with Crippen LogP contribution in [-0.2, 0) is 11.3 Å². The van der Waals surface area contributed by atoms with Crippen LogP contribution >= 0.6 is 11.3 Å². The molecule has 1 aromatic heterocycles. The number of amides is 1. The fraction of sp³-hybridized carbons (Fsp3) is 0.385. The smallest absolute Gasteiger partial charge is 0.223 e. The molecule has 0 aliphatic rings. The van der Waals surface area contributed by atoms with Gasteiger partial charge in [0.1, 0.15) is 5.01 Å². The number of hydrogen-bond donors (Lipinski definition) is 1. The summed E-state index contributed by atoms with van der Waals surface area (Å²) in [5.74, 6) is 0.177. The molecule has 0 saturated carbocycles. The minimum Gasteiger partial charge on any atom is -0.349 e. The second kappa shape index (κ2) is 5.27. The van der Waals surface area contributed by atoms with Crippen LogP contribution in [0.4, 0.5) is 0 Å². The Kier molecular flexibility index (Phi) is 3.74. The van der Waals surface area contributed by atoms with Crippen LogP contribution in [0.25, 0.3) is 10.2 Å². The van der Waals surface area contributed by atoms with Gasteiger partial charge in [-0.05, 0) is 18.6 Å². The predicted octanol–water partition coefficient (Wildman–Crippen LogP) is 2.96. The quantitative estimate of drug-likeness (QED) is 0.904. The summed E-state index contributed by atoms with van der Waals surface area (Å²) in [6.07, 6.45) is 0.867. The fourth-order valence-corrected chi connectivity index (χ4v) is 2.42. The third-order valence-corrected chi connectivity index (χ3v) is 3.85. The Bertz CT molecular complexity index is 488. The average Bonchev–Trinajstić information content (AvgIpc) is 2.77. The molecule has 0 bridgehead atoms. The molecule has 90 valence electrons. The van der Waals surface area contributed by atoms with Crippen molar-refractivity contribution >= 4 is 27.5 Å². The molecule has 1 unspecified atom stereocenters. The highest BCUT2D eigenvalue weighted by Gasteiger charge is 2.10. The van der Waals surface area contributed by atoms with Crippen LogP contribution in [0, 0.1) is 5.92 Å². The van der Waals surface area contributed by atoms with Crippen molar-refractivity contribution in [2.75, 3.05) is 0 Å². The summed E-state index contributed by atoms with van der Waals surface area (Å²) in [7, 11) is 0. The van der Waals surface area contributed by atoms with Crippen LogP contribution < -0.4 is 5.32 Å². The molecule has 1 amide bonds. The van der Waals surface area contributed by atoms with Crippen LogP contribution in [-0.4, -0.2) is 10.9 Å². The maximum atomic E-state index is 11.6. The van der Waals surface area contributed by atoms with Gasteiger partial charge in [0.25, 0.3) is 0 Å². The molecule has 0 radical (unpaired) electrons. The molecule has 0 spiro atoms. The molecular formula is C13H16N2OS. The summed E-state index contributed by atoms with van der Waals surface area (Å²) in [6.45, 7) is 4.48. The third-order valence-electron chi connectivity index (χ3n) is 2.81. The number of nitrogens with one attached hydrogen (secondary N) is 1. The minimum absolute atomic E-state index is 0.0735. The van der Waals surface area contributed by atoms with E-state index >= 15 is 0 Å². The summed E-state index contributed by atoms with van der Waals surface area (Å²) in [5.41, 5.74) is 1.00. The standard InChI is InChI=1S/C13H16N2OS/c1-3-9(2)13(16)14-8-12-15-10-6-4-5-7-11(10)17-12/h4-7,9H,3,8H2,1-2H3,(H,14,16). The van der Waals surface area contributed by atoms with Gasteiger partial charge in [-0.3, -0.25) is 4.79 Å². The van der Waals surface area contributed by atoms with Crippen molar-refractivity contribution in [1.82, 2.24) is 10.3 Å². The lowest BCUT2D eigenvalue weighted by atomic mass is 10.1. The first-order chi connectivity index (χ1) is 8.20. The number of rotatable bonds is 4. The molecule has 1 heterocycles. The number of hydrogen-bond acceptors (Lipinski definition) is 3. The third kappa shape index (κ3) is 2.82. The van der Waals surface area contributed by atoms with Crippen molar-refractivity contribution in [2.24, 2.45) is 5.92 Å². The molecule has 17 heavy (non-hydrogen) atoms. The monoisotopic (exact) mass is 248 g/mol. The van der Waals surface area contributed by atoms with E-state index in [0.717, 1.165) is 16.9 Å². The zero-order valence-electron chi connectivity index (χ0n) is 10.1. The molecule has 1 atom stereocenters. The fourth-order valence-electron chi connectivity index (χ4n) is 1.52. The first-order valence-electron chi connectivity index (χ1n) is 5.83. The molecule has 1 aromatic carbocycles. The summed E-state index contributed by atoms with van der Waals surface area (Å²) >= 11 is 1.63. The van der Waals surface area contributed by atoms with E-state index in [-0.39, 0.29) is 11.8 Å². The highest BCUT2D eigenvalue weighted by molar-refractivity contribution is 7.18. The summed E-state index contributed by atoms with van der Waals surface area (Å²) in [5, 5.41) is 3.88. The van der Waals surface area contributed by atoms with Gasteiger partial charge < -0.3 is 5.32 Å². The van der Waals surface area contributed by atoms with Gasteiger partial charge in [0.2, 0.25) is 5.91 Å². The maximum absolute atomic E-state index is 11.6. The maximum Gasteiger partial charge on any atom is 0.223 e. The number of carbonyl (C=O) groups is 1. The Morgan fingerprint density at radius 2 is 2.24 bits per heavy atom. The molecule has 2 rings (SSSR count). The predicted molar refractivity (Wildman–Crippen MR) is 70.9 cm³/mol. The number of para-hydroxylation sites is 1. The molecular weight excluding hydrogens is 232 g/mol. The second-order valence-corrected chi connectivity index (χ2v) is 5.22. The lowest BCUT2D eigenvalue weighted by Crippen LogP contribution is -2.28. The van der Waals surface area contributed by atoms with E-state index in [1.165, 1.54) is 4.70 Å². The Morgan fingerprint density at radius 1 is 1.47 bits per heavy atom. The van der Waals surface area contributed by atoms with E-state index in [0.29, 0.717) is 6.54 Å². The number of carbonyl (C=O) groups excluding carboxylic acids is 1. The number of nitrogens with zero attached hydrogens (tertiary/aromatic N) is 1. The minimum atomic E-state index is 0.0735. The van der Waals surface area contributed by atoms with Gasteiger partial charge in [-0.15, -0.1) is 11.3 Å². The van der Waals surface area contributed by atoms with E-state index in [9.17, 15) is 4.79 Å². The van der Waals surface area contributed by atoms with Crippen molar-refractivity contribution in [1.29, 1.82) is 0 Å². The first kappa shape index (κ1) is 12.0. The summed E-state index contributed by atoms with van der Waals surface area (Å²) < 4.78 is 1.17. The van der Waals surface area contributed by atoms with E-state index in [1.54, 1.807) is 11.3 Å². The largest absolute Gasteiger partial charge is 0.349 e. The van der Waals surface area contributed by atoms with Crippen LogP contribution in [0.2, 0.25) is 0 Å². The van der Waals surface area contributed by atoms with E-state index in [2.05, 4.69) is 10.3 Å². The molecule has 0 fully saturated rings. The second-order valence-electron chi connectivity index (χ2n) is 4.10. The topological polar surface area (TPSA) is 42.0 Å².